The van der Waals surface area contributed by atoms with Gasteiger partial charge in [0.1, 0.15) is 0 Å². The Labute approximate surface area is 162 Å². The van der Waals surface area contributed by atoms with Crippen molar-refractivity contribution in [1.82, 2.24) is 0 Å². The van der Waals surface area contributed by atoms with Crippen molar-refractivity contribution in [3.05, 3.63) is 70.8 Å². The molecule has 0 saturated carbocycles. The van der Waals surface area contributed by atoms with Gasteiger partial charge in [0.2, 0.25) is 5.91 Å². The predicted octanol–water partition coefficient (Wildman–Crippen LogP) is 3.91. The number of benzene rings is 2. The maximum atomic E-state index is 12.2. The minimum absolute atomic E-state index is 0.0930. The summed E-state index contributed by atoms with van der Waals surface area (Å²) in [5, 5.41) is 0.612. The smallest absolute Gasteiger partial charge is 0.331 e. The molecule has 0 radical (unpaired) electrons. The first kappa shape index (κ1) is 18.9. The molecule has 0 atom stereocenters. The number of halogens is 1. The Hall–Kier alpha value is -2.92. The van der Waals surface area contributed by atoms with Gasteiger partial charge < -0.3 is 9.64 Å². The summed E-state index contributed by atoms with van der Waals surface area (Å²) in [7, 11) is 0. The van der Waals surface area contributed by atoms with Crippen LogP contribution in [-0.2, 0) is 14.3 Å². The molecular formula is C21H18ClNO4. The number of hydrogen-bond donors (Lipinski definition) is 0. The van der Waals surface area contributed by atoms with Crippen molar-refractivity contribution in [2.24, 2.45) is 0 Å². The highest BCUT2D eigenvalue weighted by Gasteiger charge is 2.21. The van der Waals surface area contributed by atoms with Gasteiger partial charge >= 0.3 is 5.97 Å². The molecule has 0 bridgehead atoms. The molecule has 1 heterocycles. The first-order valence-corrected chi connectivity index (χ1v) is 8.95. The highest BCUT2D eigenvalue weighted by atomic mass is 35.5. The first-order chi connectivity index (χ1) is 13.0. The van der Waals surface area contributed by atoms with Crippen molar-refractivity contribution in [3.63, 3.8) is 0 Å². The number of nitrogens with zero attached hydrogens (tertiary/aromatic N) is 1. The number of amides is 1. The third-order valence-corrected chi connectivity index (χ3v) is 4.45. The summed E-state index contributed by atoms with van der Waals surface area (Å²) < 4.78 is 4.98. The van der Waals surface area contributed by atoms with E-state index in [1.165, 1.54) is 6.08 Å². The van der Waals surface area contributed by atoms with E-state index in [0.29, 0.717) is 23.6 Å². The Bertz CT molecular complexity index is 872. The Morgan fingerprint density at radius 2 is 1.78 bits per heavy atom. The molecule has 2 aromatic carbocycles. The lowest BCUT2D eigenvalue weighted by Gasteiger charge is -2.15. The van der Waals surface area contributed by atoms with Crippen LogP contribution in [0.3, 0.4) is 0 Å². The van der Waals surface area contributed by atoms with Crippen LogP contribution in [0.25, 0.3) is 6.08 Å². The van der Waals surface area contributed by atoms with Gasteiger partial charge in [-0.2, -0.15) is 0 Å². The standard InChI is InChI=1S/C21H18ClNO4/c22-17-8-3-15(4-9-17)5-12-21(26)27-14-19(24)16-6-10-18(11-7-16)23-13-1-2-20(23)25/h3-12H,1-2,13-14H2/b12-5+. The third kappa shape index (κ3) is 5.05. The van der Waals surface area contributed by atoms with Crippen LogP contribution in [0.2, 0.25) is 5.02 Å². The summed E-state index contributed by atoms with van der Waals surface area (Å²) in [4.78, 5) is 37.4. The van der Waals surface area contributed by atoms with Gasteiger partial charge in [0, 0.05) is 35.3 Å². The Morgan fingerprint density at radius 1 is 1.07 bits per heavy atom. The van der Waals surface area contributed by atoms with Gasteiger partial charge in [-0.25, -0.2) is 4.79 Å². The molecule has 0 unspecified atom stereocenters. The summed E-state index contributed by atoms with van der Waals surface area (Å²) in [5.41, 5.74) is 2.01. The Balaban J connectivity index is 1.52. The Kier molecular flexibility index (Phi) is 6.04. The number of carbonyl (C=O) groups excluding carboxylic acids is 3. The molecule has 1 aliphatic rings. The van der Waals surface area contributed by atoms with E-state index in [2.05, 4.69) is 0 Å². The molecule has 2 aromatic rings. The first-order valence-electron chi connectivity index (χ1n) is 8.57. The van der Waals surface area contributed by atoms with Crippen molar-refractivity contribution < 1.29 is 19.1 Å². The van der Waals surface area contributed by atoms with E-state index in [-0.39, 0.29) is 18.3 Å². The minimum atomic E-state index is -0.599. The van der Waals surface area contributed by atoms with Crippen LogP contribution in [-0.4, -0.2) is 30.8 Å². The molecule has 1 aliphatic heterocycles. The number of anilines is 1. The fraction of sp³-hybridized carbons (Fsp3) is 0.190. The number of Topliss-reactive ketones (excluding diaryl/α,β-unsaturated/α-hetero) is 1. The van der Waals surface area contributed by atoms with Gasteiger partial charge in [-0.1, -0.05) is 23.7 Å². The molecule has 6 heteroatoms. The molecule has 1 amide bonds. The van der Waals surface area contributed by atoms with Crippen molar-refractivity contribution >= 4 is 41.0 Å². The van der Waals surface area contributed by atoms with Crippen molar-refractivity contribution in [2.45, 2.75) is 12.8 Å². The van der Waals surface area contributed by atoms with E-state index in [0.717, 1.165) is 17.7 Å². The van der Waals surface area contributed by atoms with Gasteiger partial charge in [0.25, 0.3) is 0 Å². The highest BCUT2D eigenvalue weighted by Crippen LogP contribution is 2.21. The lowest BCUT2D eigenvalue weighted by Crippen LogP contribution is -2.23. The number of rotatable bonds is 6. The van der Waals surface area contributed by atoms with Crippen LogP contribution < -0.4 is 4.90 Å². The zero-order valence-corrected chi connectivity index (χ0v) is 15.3. The molecule has 138 valence electrons. The maximum Gasteiger partial charge on any atom is 0.331 e. The van der Waals surface area contributed by atoms with Crippen molar-refractivity contribution in [3.8, 4) is 0 Å². The quantitative estimate of drug-likeness (QED) is 0.431. The van der Waals surface area contributed by atoms with Crippen LogP contribution in [0.4, 0.5) is 5.69 Å². The summed E-state index contributed by atoms with van der Waals surface area (Å²) in [6.45, 7) is 0.357. The highest BCUT2D eigenvalue weighted by molar-refractivity contribution is 6.30. The van der Waals surface area contributed by atoms with Crippen LogP contribution in [0.5, 0.6) is 0 Å². The van der Waals surface area contributed by atoms with Gasteiger partial charge in [0.05, 0.1) is 0 Å². The number of esters is 1. The maximum absolute atomic E-state index is 12.2. The largest absolute Gasteiger partial charge is 0.454 e. The second kappa shape index (κ2) is 8.64. The topological polar surface area (TPSA) is 63.7 Å². The van der Waals surface area contributed by atoms with Crippen molar-refractivity contribution in [1.29, 1.82) is 0 Å². The second-order valence-corrected chi connectivity index (χ2v) is 6.55. The van der Waals surface area contributed by atoms with Crippen LogP contribution >= 0.6 is 11.6 Å². The number of carbonyl (C=O) groups is 3. The van der Waals surface area contributed by atoms with E-state index in [1.807, 2.05) is 0 Å². The normalized spacial score (nSPS) is 14.0. The minimum Gasteiger partial charge on any atom is -0.454 e. The molecule has 5 nitrogen and oxygen atoms in total. The van der Waals surface area contributed by atoms with Crippen LogP contribution in [0.15, 0.2) is 54.6 Å². The molecule has 27 heavy (non-hydrogen) atoms. The second-order valence-electron chi connectivity index (χ2n) is 6.11. The van der Waals surface area contributed by atoms with E-state index >= 15 is 0 Å². The fourth-order valence-corrected chi connectivity index (χ4v) is 2.88. The monoisotopic (exact) mass is 383 g/mol. The summed E-state index contributed by atoms with van der Waals surface area (Å²) in [5.74, 6) is -0.810. The predicted molar refractivity (Wildman–Crippen MR) is 104 cm³/mol. The average molecular weight is 384 g/mol. The average Bonchev–Trinajstić information content (AvgIpc) is 3.11. The van der Waals surface area contributed by atoms with Crippen LogP contribution in [0, 0.1) is 0 Å². The SMILES string of the molecule is O=C(/C=C/c1ccc(Cl)cc1)OCC(=O)c1ccc(N2CCCC2=O)cc1. The molecular weight excluding hydrogens is 366 g/mol. The lowest BCUT2D eigenvalue weighted by molar-refractivity contribution is -0.136. The molecule has 1 fully saturated rings. The van der Waals surface area contributed by atoms with Crippen molar-refractivity contribution in [2.75, 3.05) is 18.1 Å². The lowest BCUT2D eigenvalue weighted by atomic mass is 10.1. The van der Waals surface area contributed by atoms with Gasteiger partial charge in [-0.3, -0.25) is 9.59 Å². The van der Waals surface area contributed by atoms with Gasteiger partial charge in [0.15, 0.2) is 12.4 Å². The number of ketones is 1. The summed E-state index contributed by atoms with van der Waals surface area (Å²) >= 11 is 5.80. The number of hydrogen-bond acceptors (Lipinski definition) is 4. The number of ether oxygens (including phenoxy) is 1. The molecule has 0 N–H and O–H groups in total. The van der Waals surface area contributed by atoms with E-state index in [1.54, 1.807) is 59.5 Å². The molecule has 0 aromatic heterocycles. The van der Waals surface area contributed by atoms with Crippen LogP contribution in [0.1, 0.15) is 28.8 Å². The summed E-state index contributed by atoms with van der Waals surface area (Å²) in [6.07, 6.45) is 4.25. The zero-order chi connectivity index (χ0) is 19.2. The summed E-state index contributed by atoms with van der Waals surface area (Å²) in [6, 6.07) is 13.7. The Morgan fingerprint density at radius 3 is 2.41 bits per heavy atom. The molecule has 1 saturated heterocycles. The third-order valence-electron chi connectivity index (χ3n) is 4.20. The van der Waals surface area contributed by atoms with Gasteiger partial charge in [-0.15, -0.1) is 0 Å². The molecule has 0 aliphatic carbocycles. The molecule has 0 spiro atoms. The van der Waals surface area contributed by atoms with E-state index < -0.39 is 5.97 Å². The fourth-order valence-electron chi connectivity index (χ4n) is 2.75. The van der Waals surface area contributed by atoms with E-state index in [4.69, 9.17) is 16.3 Å². The molecule has 3 rings (SSSR count). The van der Waals surface area contributed by atoms with Gasteiger partial charge in [-0.05, 0) is 54.5 Å². The zero-order valence-electron chi connectivity index (χ0n) is 14.6. The van der Waals surface area contributed by atoms with E-state index in [9.17, 15) is 14.4 Å².